The maximum absolute atomic E-state index is 8.55. The van der Waals surface area contributed by atoms with Crippen molar-refractivity contribution in [1.29, 1.82) is 5.26 Å². The molecule has 0 saturated heterocycles. The van der Waals surface area contributed by atoms with E-state index in [2.05, 4.69) is 21.9 Å². The van der Waals surface area contributed by atoms with Crippen LogP contribution in [-0.2, 0) is 0 Å². The summed E-state index contributed by atoms with van der Waals surface area (Å²) in [6, 6.07) is 3.78. The van der Waals surface area contributed by atoms with Gasteiger partial charge in [0.15, 0.2) is 0 Å². The summed E-state index contributed by atoms with van der Waals surface area (Å²) in [5, 5.41) is 13.7. The number of rotatable bonds is 2. The zero-order chi connectivity index (χ0) is 10.2. The second-order valence-corrected chi connectivity index (χ2v) is 3.23. The van der Waals surface area contributed by atoms with E-state index >= 15 is 0 Å². The lowest BCUT2D eigenvalue weighted by molar-refractivity contribution is 1.01. The number of hydrogen-bond acceptors (Lipinski definition) is 3. The zero-order valence-electron chi connectivity index (χ0n) is 7.27. The van der Waals surface area contributed by atoms with Crippen LogP contribution in [0.3, 0.4) is 0 Å². The van der Waals surface area contributed by atoms with E-state index in [9.17, 15) is 0 Å². The van der Waals surface area contributed by atoms with E-state index < -0.39 is 0 Å². The third-order valence-electron chi connectivity index (χ3n) is 1.34. The SMILES string of the molecule is N#Cc1cc(C#CCCN=[N+]=[N-])cs1. The summed E-state index contributed by atoms with van der Waals surface area (Å²) < 4.78 is 0. The largest absolute Gasteiger partial charge is 0.192 e. The molecule has 0 atom stereocenters. The van der Waals surface area contributed by atoms with E-state index in [0.717, 1.165) is 5.56 Å². The lowest BCUT2D eigenvalue weighted by atomic mass is 10.3. The van der Waals surface area contributed by atoms with Crippen LogP contribution in [0.25, 0.3) is 10.4 Å². The Balaban J connectivity index is 2.51. The number of nitriles is 1. The predicted octanol–water partition coefficient (Wildman–Crippen LogP) is 2.67. The highest BCUT2D eigenvalue weighted by Gasteiger charge is 1.93. The molecule has 1 aromatic rings. The van der Waals surface area contributed by atoms with E-state index in [1.807, 2.05) is 11.4 Å². The van der Waals surface area contributed by atoms with Crippen LogP contribution in [0.4, 0.5) is 0 Å². The van der Waals surface area contributed by atoms with E-state index in [0.29, 0.717) is 17.8 Å². The van der Waals surface area contributed by atoms with Crippen molar-refractivity contribution in [2.24, 2.45) is 5.11 Å². The first-order valence-electron chi connectivity index (χ1n) is 3.85. The van der Waals surface area contributed by atoms with Crippen molar-refractivity contribution in [2.45, 2.75) is 6.42 Å². The second kappa shape index (κ2) is 5.66. The van der Waals surface area contributed by atoms with Crippen LogP contribution in [0.15, 0.2) is 16.6 Å². The first-order chi connectivity index (χ1) is 6.86. The zero-order valence-corrected chi connectivity index (χ0v) is 8.08. The van der Waals surface area contributed by atoms with Gasteiger partial charge in [0.25, 0.3) is 0 Å². The Bertz CT molecular complexity index is 451. The van der Waals surface area contributed by atoms with Gasteiger partial charge in [-0.05, 0) is 11.6 Å². The highest BCUT2D eigenvalue weighted by molar-refractivity contribution is 7.10. The predicted molar refractivity (Wildman–Crippen MR) is 54.5 cm³/mol. The quantitative estimate of drug-likeness (QED) is 0.239. The molecular weight excluding hydrogens is 196 g/mol. The highest BCUT2D eigenvalue weighted by atomic mass is 32.1. The minimum Gasteiger partial charge on any atom is -0.192 e. The number of azide groups is 1. The van der Waals surface area contributed by atoms with Gasteiger partial charge in [-0.15, -0.1) is 11.3 Å². The Morgan fingerprint density at radius 3 is 3.14 bits per heavy atom. The van der Waals surface area contributed by atoms with Crippen molar-refractivity contribution in [1.82, 2.24) is 0 Å². The van der Waals surface area contributed by atoms with Crippen LogP contribution in [-0.4, -0.2) is 6.54 Å². The van der Waals surface area contributed by atoms with E-state index in [1.165, 1.54) is 11.3 Å². The number of nitrogens with zero attached hydrogens (tertiary/aromatic N) is 4. The monoisotopic (exact) mass is 202 g/mol. The molecule has 1 rings (SSSR count). The molecule has 0 aromatic carbocycles. The van der Waals surface area contributed by atoms with Crippen molar-refractivity contribution in [2.75, 3.05) is 6.54 Å². The van der Waals surface area contributed by atoms with Crippen LogP contribution in [0.1, 0.15) is 16.9 Å². The number of hydrogen-bond donors (Lipinski definition) is 0. The van der Waals surface area contributed by atoms with Gasteiger partial charge in [-0.2, -0.15) is 5.26 Å². The molecule has 0 aliphatic rings. The first kappa shape index (κ1) is 10.1. The molecule has 0 amide bonds. The summed E-state index contributed by atoms with van der Waals surface area (Å²) >= 11 is 1.37. The number of thiophene rings is 1. The summed E-state index contributed by atoms with van der Waals surface area (Å²) in [5.74, 6) is 5.74. The molecule has 0 radical (unpaired) electrons. The normalized spacial score (nSPS) is 7.93. The van der Waals surface area contributed by atoms with Crippen molar-refractivity contribution in [3.8, 4) is 17.9 Å². The Kier molecular flexibility index (Phi) is 4.10. The lowest BCUT2D eigenvalue weighted by Crippen LogP contribution is -1.73. The summed E-state index contributed by atoms with van der Waals surface area (Å²) in [7, 11) is 0. The standard InChI is InChI=1S/C9H6N4S/c10-6-9-5-8(7-14-9)3-1-2-4-12-13-11/h5,7H,2,4H2. The lowest BCUT2D eigenvalue weighted by Gasteiger charge is -1.78. The van der Waals surface area contributed by atoms with E-state index in [-0.39, 0.29) is 0 Å². The molecule has 0 spiro atoms. The van der Waals surface area contributed by atoms with Gasteiger partial charge >= 0.3 is 0 Å². The summed E-state index contributed by atoms with van der Waals surface area (Å²) in [6.07, 6.45) is 0.543. The van der Waals surface area contributed by atoms with Gasteiger partial charge in [0.05, 0.1) is 0 Å². The smallest absolute Gasteiger partial charge is 0.110 e. The van der Waals surface area contributed by atoms with Gasteiger partial charge in [0.2, 0.25) is 0 Å². The molecule has 1 heterocycles. The molecule has 0 unspecified atom stereocenters. The third kappa shape index (κ3) is 3.20. The van der Waals surface area contributed by atoms with Crippen molar-refractivity contribution < 1.29 is 0 Å². The van der Waals surface area contributed by atoms with Crippen LogP contribution in [0.5, 0.6) is 0 Å². The first-order valence-corrected chi connectivity index (χ1v) is 4.73. The molecule has 0 aliphatic carbocycles. The molecule has 4 nitrogen and oxygen atoms in total. The van der Waals surface area contributed by atoms with Crippen LogP contribution < -0.4 is 0 Å². The van der Waals surface area contributed by atoms with Crippen molar-refractivity contribution in [3.05, 3.63) is 32.3 Å². The average molecular weight is 202 g/mol. The Morgan fingerprint density at radius 1 is 1.64 bits per heavy atom. The molecule has 14 heavy (non-hydrogen) atoms. The molecule has 68 valence electrons. The van der Waals surface area contributed by atoms with Crippen molar-refractivity contribution in [3.63, 3.8) is 0 Å². The Hall–Kier alpha value is -1.94. The van der Waals surface area contributed by atoms with E-state index in [1.54, 1.807) is 6.07 Å². The van der Waals surface area contributed by atoms with Gasteiger partial charge in [-0.25, -0.2) is 0 Å². The summed E-state index contributed by atoms with van der Waals surface area (Å²) in [4.78, 5) is 3.27. The van der Waals surface area contributed by atoms with Gasteiger partial charge < -0.3 is 0 Å². The minimum atomic E-state index is 0.388. The van der Waals surface area contributed by atoms with Crippen LogP contribution in [0.2, 0.25) is 0 Å². The van der Waals surface area contributed by atoms with Gasteiger partial charge in [0, 0.05) is 28.8 Å². The van der Waals surface area contributed by atoms with Crippen LogP contribution in [0, 0.1) is 23.2 Å². The molecule has 0 fully saturated rings. The molecule has 0 bridgehead atoms. The Labute approximate surface area is 85.4 Å². The maximum atomic E-state index is 8.55. The van der Waals surface area contributed by atoms with Crippen molar-refractivity contribution >= 4 is 11.3 Å². The molecule has 1 aromatic heterocycles. The maximum Gasteiger partial charge on any atom is 0.110 e. The molecule has 0 N–H and O–H groups in total. The average Bonchev–Trinajstić information content (AvgIpc) is 2.65. The van der Waals surface area contributed by atoms with Gasteiger partial charge in [-0.3, -0.25) is 0 Å². The topological polar surface area (TPSA) is 72.5 Å². The van der Waals surface area contributed by atoms with E-state index in [4.69, 9.17) is 10.8 Å². The highest BCUT2D eigenvalue weighted by Crippen LogP contribution is 2.11. The third-order valence-corrected chi connectivity index (χ3v) is 2.18. The fourth-order valence-corrected chi connectivity index (χ4v) is 1.40. The minimum absolute atomic E-state index is 0.388. The van der Waals surface area contributed by atoms with Crippen LogP contribution >= 0.6 is 11.3 Å². The molecule has 0 saturated carbocycles. The summed E-state index contributed by atoms with van der Waals surface area (Å²) in [5.41, 5.74) is 8.83. The van der Waals surface area contributed by atoms with Gasteiger partial charge in [0.1, 0.15) is 10.9 Å². The molecular formula is C9H6N4S. The summed E-state index contributed by atoms with van der Waals surface area (Å²) in [6.45, 7) is 0.388. The molecule has 5 heteroatoms. The second-order valence-electron chi connectivity index (χ2n) is 2.32. The fraction of sp³-hybridized carbons (Fsp3) is 0.222. The fourth-order valence-electron chi connectivity index (χ4n) is 0.776. The Morgan fingerprint density at radius 2 is 2.50 bits per heavy atom. The molecule has 0 aliphatic heterocycles. The van der Waals surface area contributed by atoms with Gasteiger partial charge in [-0.1, -0.05) is 17.0 Å².